The van der Waals surface area contributed by atoms with E-state index in [-0.39, 0.29) is 12.4 Å². The maximum Gasteiger partial charge on any atom is 0.347 e. The van der Waals surface area contributed by atoms with E-state index in [1.807, 2.05) is 0 Å². The fourth-order valence-corrected chi connectivity index (χ4v) is 2.36. The molecule has 0 saturated carbocycles. The van der Waals surface area contributed by atoms with Crippen molar-refractivity contribution in [2.75, 3.05) is 6.61 Å². The molecule has 1 aromatic carbocycles. The molecule has 0 saturated heterocycles. The smallest absolute Gasteiger partial charge is 0.347 e. The first kappa shape index (κ1) is 27.4. The minimum Gasteiger partial charge on any atom is -0.481 e. The number of benzene rings is 1. The predicted octanol–water partition coefficient (Wildman–Crippen LogP) is 2.23. The number of aliphatic hydroxyl groups is 2. The Labute approximate surface area is 176 Å². The highest BCUT2D eigenvalue weighted by atomic mass is 16.5. The first-order chi connectivity index (χ1) is 14.1. The number of unbranched alkanes of at least 4 members (excludes halogenated alkanes) is 3. The molecule has 9 heteroatoms. The van der Waals surface area contributed by atoms with Gasteiger partial charge in [-0.05, 0) is 31.9 Å². The Kier molecular flexibility index (Phi) is 14.8. The van der Waals surface area contributed by atoms with E-state index in [0.717, 1.165) is 25.7 Å². The second-order valence-electron chi connectivity index (χ2n) is 6.72. The highest BCUT2D eigenvalue weighted by molar-refractivity contribution is 5.73. The van der Waals surface area contributed by atoms with Gasteiger partial charge in [0.25, 0.3) is 0 Å². The van der Waals surface area contributed by atoms with E-state index in [4.69, 9.17) is 24.8 Å². The SMILES string of the molecule is CC(=O)OCCCCCCC(O)CC(=O)O.CC(O)C(Oc1ccccc1)C(=O)O. The zero-order valence-corrected chi connectivity index (χ0v) is 17.4. The monoisotopic (exact) mass is 428 g/mol. The number of carbonyl (C=O) groups is 3. The number of para-hydroxylation sites is 1. The summed E-state index contributed by atoms with van der Waals surface area (Å²) < 4.78 is 9.84. The van der Waals surface area contributed by atoms with Gasteiger partial charge in [0.1, 0.15) is 5.75 Å². The second-order valence-corrected chi connectivity index (χ2v) is 6.72. The van der Waals surface area contributed by atoms with Crippen LogP contribution >= 0.6 is 0 Å². The van der Waals surface area contributed by atoms with E-state index < -0.39 is 30.3 Å². The third-order valence-electron chi connectivity index (χ3n) is 3.84. The summed E-state index contributed by atoms with van der Waals surface area (Å²) in [5.41, 5.74) is 0. The number of ether oxygens (including phenoxy) is 2. The summed E-state index contributed by atoms with van der Waals surface area (Å²) in [5, 5.41) is 35.5. The molecule has 4 N–H and O–H groups in total. The minimum absolute atomic E-state index is 0.187. The molecule has 9 nitrogen and oxygen atoms in total. The molecule has 1 rings (SSSR count). The van der Waals surface area contributed by atoms with Gasteiger partial charge in [0.05, 0.1) is 25.2 Å². The molecule has 0 heterocycles. The Bertz CT molecular complexity index is 616. The molecule has 1 aromatic rings. The van der Waals surface area contributed by atoms with Gasteiger partial charge in [0, 0.05) is 6.92 Å². The number of hydrogen-bond donors (Lipinski definition) is 4. The second kappa shape index (κ2) is 16.2. The van der Waals surface area contributed by atoms with Crippen molar-refractivity contribution in [2.24, 2.45) is 0 Å². The van der Waals surface area contributed by atoms with Crippen molar-refractivity contribution in [1.82, 2.24) is 0 Å². The van der Waals surface area contributed by atoms with E-state index in [1.54, 1.807) is 30.3 Å². The first-order valence-electron chi connectivity index (χ1n) is 9.79. The van der Waals surface area contributed by atoms with Crippen LogP contribution in [0.15, 0.2) is 30.3 Å². The quantitative estimate of drug-likeness (QED) is 0.274. The van der Waals surface area contributed by atoms with E-state index >= 15 is 0 Å². The topological polar surface area (TPSA) is 151 Å². The van der Waals surface area contributed by atoms with E-state index in [9.17, 15) is 19.5 Å². The van der Waals surface area contributed by atoms with Gasteiger partial charge in [-0.1, -0.05) is 37.5 Å². The van der Waals surface area contributed by atoms with Crippen LogP contribution in [0.1, 0.15) is 52.4 Å². The van der Waals surface area contributed by atoms with Gasteiger partial charge < -0.3 is 29.9 Å². The molecule has 0 aliphatic heterocycles. The molecule has 0 aliphatic rings. The van der Waals surface area contributed by atoms with Gasteiger partial charge in [-0.15, -0.1) is 0 Å². The van der Waals surface area contributed by atoms with Crippen molar-refractivity contribution < 1.29 is 44.3 Å². The molecular weight excluding hydrogens is 396 g/mol. The van der Waals surface area contributed by atoms with Gasteiger partial charge in [-0.3, -0.25) is 9.59 Å². The Morgan fingerprint density at radius 2 is 1.57 bits per heavy atom. The lowest BCUT2D eigenvalue weighted by molar-refractivity contribution is -0.150. The third-order valence-corrected chi connectivity index (χ3v) is 3.84. The number of carbonyl (C=O) groups excluding carboxylic acids is 1. The lowest BCUT2D eigenvalue weighted by Gasteiger charge is -2.17. The molecule has 0 bridgehead atoms. The summed E-state index contributed by atoms with van der Waals surface area (Å²) in [6.45, 7) is 3.19. The number of rotatable bonds is 13. The lowest BCUT2D eigenvalue weighted by atomic mass is 10.1. The van der Waals surface area contributed by atoms with Crippen molar-refractivity contribution in [3.8, 4) is 5.75 Å². The van der Waals surface area contributed by atoms with E-state index in [2.05, 4.69) is 0 Å². The van der Waals surface area contributed by atoms with Crippen LogP contribution in [0.5, 0.6) is 5.75 Å². The molecule has 170 valence electrons. The first-order valence-corrected chi connectivity index (χ1v) is 9.79. The van der Waals surface area contributed by atoms with Gasteiger partial charge in [0.2, 0.25) is 6.10 Å². The van der Waals surface area contributed by atoms with Crippen LogP contribution in [0, 0.1) is 0 Å². The molecular formula is C21H32O9. The largest absolute Gasteiger partial charge is 0.481 e. The van der Waals surface area contributed by atoms with Crippen molar-refractivity contribution in [3.63, 3.8) is 0 Å². The average Bonchev–Trinajstić information content (AvgIpc) is 2.65. The molecule has 0 amide bonds. The van der Waals surface area contributed by atoms with E-state index in [0.29, 0.717) is 18.8 Å². The molecule has 0 spiro atoms. The predicted molar refractivity (Wildman–Crippen MR) is 108 cm³/mol. The summed E-state index contributed by atoms with van der Waals surface area (Å²) in [4.78, 5) is 31.3. The minimum atomic E-state index is -1.22. The molecule has 30 heavy (non-hydrogen) atoms. The molecule has 0 aromatic heterocycles. The zero-order chi connectivity index (χ0) is 22.9. The number of hydrogen-bond acceptors (Lipinski definition) is 7. The highest BCUT2D eigenvalue weighted by Gasteiger charge is 2.24. The standard InChI is InChI=1S/C11H20O5.C10H12O4/c1-9(12)16-7-5-3-2-4-6-10(13)8-11(14)15;1-7(11)9(10(12)13)14-8-5-3-2-4-6-8/h10,13H,2-8H2,1H3,(H,14,15);2-7,9,11H,1H3,(H,12,13). The Morgan fingerprint density at radius 3 is 2.07 bits per heavy atom. The van der Waals surface area contributed by atoms with Gasteiger partial charge in [0.15, 0.2) is 0 Å². The van der Waals surface area contributed by atoms with Gasteiger partial charge >= 0.3 is 17.9 Å². The van der Waals surface area contributed by atoms with Crippen molar-refractivity contribution in [2.45, 2.75) is 70.7 Å². The zero-order valence-electron chi connectivity index (χ0n) is 17.4. The number of carboxylic acids is 2. The summed E-state index contributed by atoms with van der Waals surface area (Å²) in [6.07, 6.45) is 0.762. The van der Waals surface area contributed by atoms with Crippen LogP contribution in [0.25, 0.3) is 0 Å². The number of aliphatic hydroxyl groups excluding tert-OH is 2. The number of aliphatic carboxylic acids is 2. The van der Waals surface area contributed by atoms with Crippen LogP contribution in [-0.2, 0) is 19.1 Å². The van der Waals surface area contributed by atoms with Crippen LogP contribution in [0.2, 0.25) is 0 Å². The summed E-state index contributed by atoms with van der Waals surface area (Å²) in [7, 11) is 0. The van der Waals surface area contributed by atoms with Crippen molar-refractivity contribution in [3.05, 3.63) is 30.3 Å². The van der Waals surface area contributed by atoms with E-state index in [1.165, 1.54) is 13.8 Å². The fourth-order valence-electron chi connectivity index (χ4n) is 2.36. The van der Waals surface area contributed by atoms with Gasteiger partial charge in [-0.2, -0.15) is 0 Å². The molecule has 3 atom stereocenters. The average molecular weight is 428 g/mol. The Morgan fingerprint density at radius 1 is 0.967 bits per heavy atom. The van der Waals surface area contributed by atoms with Crippen LogP contribution in [-0.4, -0.2) is 63.3 Å². The summed E-state index contributed by atoms with van der Waals surface area (Å²) in [6, 6.07) is 8.54. The highest BCUT2D eigenvalue weighted by Crippen LogP contribution is 2.12. The van der Waals surface area contributed by atoms with Crippen LogP contribution < -0.4 is 4.74 Å². The maximum atomic E-state index is 10.7. The van der Waals surface area contributed by atoms with Crippen LogP contribution in [0.4, 0.5) is 0 Å². The fraction of sp³-hybridized carbons (Fsp3) is 0.571. The molecule has 0 fully saturated rings. The Hall–Kier alpha value is -2.65. The maximum absolute atomic E-state index is 10.7. The van der Waals surface area contributed by atoms with Crippen LogP contribution in [0.3, 0.4) is 0 Å². The third kappa shape index (κ3) is 15.3. The van der Waals surface area contributed by atoms with Gasteiger partial charge in [-0.25, -0.2) is 4.79 Å². The molecule has 0 radical (unpaired) electrons. The normalized spacial score (nSPS) is 13.2. The Balaban J connectivity index is 0.000000564. The summed E-state index contributed by atoms with van der Waals surface area (Å²) >= 11 is 0. The van der Waals surface area contributed by atoms with Crippen molar-refractivity contribution in [1.29, 1.82) is 0 Å². The number of esters is 1. The lowest BCUT2D eigenvalue weighted by Crippen LogP contribution is -2.37. The number of carboxylic acid groups (broad SMARTS) is 2. The van der Waals surface area contributed by atoms with Crippen molar-refractivity contribution >= 4 is 17.9 Å². The summed E-state index contributed by atoms with van der Waals surface area (Å²) in [5.74, 6) is -1.98. The molecule has 0 aliphatic carbocycles. The molecule has 3 unspecified atom stereocenters.